The minimum atomic E-state index is -0.422. The van der Waals surface area contributed by atoms with E-state index >= 15 is 0 Å². The van der Waals surface area contributed by atoms with Crippen LogP contribution in [0.1, 0.15) is 27.6 Å². The number of hydrogen-bond acceptors (Lipinski definition) is 3. The monoisotopic (exact) mass is 217 g/mol. The third-order valence-corrected chi connectivity index (χ3v) is 2.36. The van der Waals surface area contributed by atoms with Crippen molar-refractivity contribution >= 4 is 11.8 Å². The van der Waals surface area contributed by atoms with Gasteiger partial charge >= 0.3 is 0 Å². The van der Waals surface area contributed by atoms with E-state index < -0.39 is 11.8 Å². The number of carbonyl (C=O) groups excluding carboxylic acids is 2. The largest absolute Gasteiger partial charge is 0.285 e. The molecule has 0 aromatic heterocycles. The summed E-state index contributed by atoms with van der Waals surface area (Å²) < 4.78 is 0. The molecular weight excluding hydrogens is 206 g/mol. The fraction of sp³-hybridized carbons (Fsp3) is 0.167. The average Bonchev–Trinajstić information content (AvgIpc) is 2.55. The lowest BCUT2D eigenvalue weighted by Gasteiger charge is -2.16. The first-order valence-electron chi connectivity index (χ1n) is 4.92. The zero-order valence-electron chi connectivity index (χ0n) is 8.84. The van der Waals surface area contributed by atoms with Crippen molar-refractivity contribution in [2.75, 3.05) is 0 Å². The van der Waals surface area contributed by atoms with E-state index in [-0.39, 0.29) is 6.10 Å². The van der Waals surface area contributed by atoms with Gasteiger partial charge < -0.3 is 0 Å². The summed E-state index contributed by atoms with van der Waals surface area (Å²) >= 11 is 0. The van der Waals surface area contributed by atoms with Gasteiger partial charge in [0, 0.05) is 0 Å². The summed E-state index contributed by atoms with van der Waals surface area (Å²) in [5, 5.41) is 0.789. The molecule has 2 amide bonds. The molecule has 0 spiro atoms. The summed E-state index contributed by atoms with van der Waals surface area (Å²) in [6.45, 7) is 5.23. The molecule has 1 aromatic rings. The van der Waals surface area contributed by atoms with Crippen LogP contribution in [0.5, 0.6) is 0 Å². The molecule has 82 valence electrons. The van der Waals surface area contributed by atoms with Crippen molar-refractivity contribution < 1.29 is 14.4 Å². The summed E-state index contributed by atoms with van der Waals surface area (Å²) in [5.41, 5.74) is 0.757. The second-order valence-corrected chi connectivity index (χ2v) is 3.50. The molecule has 4 nitrogen and oxygen atoms in total. The van der Waals surface area contributed by atoms with Crippen molar-refractivity contribution in [2.45, 2.75) is 13.0 Å². The summed E-state index contributed by atoms with van der Waals surface area (Å²) in [5.74, 6) is -0.844. The first-order valence-corrected chi connectivity index (χ1v) is 4.92. The van der Waals surface area contributed by atoms with Gasteiger partial charge in [0.15, 0.2) is 0 Å². The molecule has 16 heavy (non-hydrogen) atoms. The van der Waals surface area contributed by atoms with Crippen molar-refractivity contribution in [2.24, 2.45) is 0 Å². The molecule has 0 aliphatic carbocycles. The Balaban J connectivity index is 2.31. The van der Waals surface area contributed by atoms with Crippen LogP contribution in [0.15, 0.2) is 36.9 Å². The molecule has 0 bridgehead atoms. The van der Waals surface area contributed by atoms with Crippen molar-refractivity contribution in [1.29, 1.82) is 0 Å². The van der Waals surface area contributed by atoms with Crippen molar-refractivity contribution in [3.63, 3.8) is 0 Å². The third-order valence-electron chi connectivity index (χ3n) is 2.36. The van der Waals surface area contributed by atoms with Gasteiger partial charge in [-0.05, 0) is 19.1 Å². The lowest BCUT2D eigenvalue weighted by atomic mass is 10.1. The molecular formula is C12H11NO3. The molecule has 0 saturated carbocycles. The SMILES string of the molecule is C=C[C@@H](C)ON1C(=O)c2ccccc2C1=O. The van der Waals surface area contributed by atoms with E-state index in [0.29, 0.717) is 11.1 Å². The Bertz CT molecular complexity index is 432. The Labute approximate surface area is 93.1 Å². The second kappa shape index (κ2) is 3.90. The highest BCUT2D eigenvalue weighted by Crippen LogP contribution is 2.23. The Morgan fingerprint density at radius 3 is 2.19 bits per heavy atom. The van der Waals surface area contributed by atoms with Gasteiger partial charge in [0.2, 0.25) is 0 Å². The van der Waals surface area contributed by atoms with E-state index in [4.69, 9.17) is 4.84 Å². The summed E-state index contributed by atoms with van der Waals surface area (Å²) in [6.07, 6.45) is 1.13. The molecule has 1 atom stereocenters. The zero-order valence-corrected chi connectivity index (χ0v) is 8.84. The first kappa shape index (κ1) is 10.6. The standard InChI is InChI=1S/C12H11NO3/c1-3-8(2)16-13-11(14)9-6-4-5-7-10(9)12(13)15/h3-8H,1H2,2H3/t8-/m1/s1. The number of rotatable bonds is 3. The predicted molar refractivity (Wildman–Crippen MR) is 57.7 cm³/mol. The number of fused-ring (bicyclic) bond motifs is 1. The molecule has 1 heterocycles. The fourth-order valence-electron chi connectivity index (χ4n) is 1.47. The van der Waals surface area contributed by atoms with Crippen LogP contribution in [0.4, 0.5) is 0 Å². The minimum absolute atomic E-state index is 0.378. The van der Waals surface area contributed by atoms with Gasteiger partial charge in [-0.1, -0.05) is 18.2 Å². The molecule has 0 unspecified atom stereocenters. The molecule has 1 aliphatic heterocycles. The van der Waals surface area contributed by atoms with Crippen LogP contribution in [0.2, 0.25) is 0 Å². The number of hydrogen-bond donors (Lipinski definition) is 0. The van der Waals surface area contributed by atoms with Gasteiger partial charge in [0.1, 0.15) is 6.10 Å². The maximum absolute atomic E-state index is 11.8. The number of carbonyl (C=O) groups is 2. The van der Waals surface area contributed by atoms with Crippen LogP contribution >= 0.6 is 0 Å². The topological polar surface area (TPSA) is 46.6 Å². The van der Waals surface area contributed by atoms with Gasteiger partial charge in [0.05, 0.1) is 11.1 Å². The Hall–Kier alpha value is -1.94. The Kier molecular flexibility index (Phi) is 2.58. The fourth-order valence-corrected chi connectivity index (χ4v) is 1.47. The maximum Gasteiger partial charge on any atom is 0.285 e. The zero-order chi connectivity index (χ0) is 11.7. The van der Waals surface area contributed by atoms with Gasteiger partial charge in [-0.25, -0.2) is 0 Å². The van der Waals surface area contributed by atoms with Gasteiger partial charge in [-0.2, -0.15) is 0 Å². The lowest BCUT2D eigenvalue weighted by Crippen LogP contribution is -2.32. The number of benzene rings is 1. The van der Waals surface area contributed by atoms with E-state index in [1.54, 1.807) is 31.2 Å². The summed E-state index contributed by atoms with van der Waals surface area (Å²) in [7, 11) is 0. The van der Waals surface area contributed by atoms with Crippen LogP contribution in [-0.2, 0) is 4.84 Å². The molecule has 0 radical (unpaired) electrons. The number of hydroxylamine groups is 2. The van der Waals surface area contributed by atoms with Crippen molar-refractivity contribution in [3.05, 3.63) is 48.0 Å². The highest BCUT2D eigenvalue weighted by atomic mass is 16.7. The number of nitrogens with zero attached hydrogens (tertiary/aromatic N) is 1. The molecule has 1 aromatic carbocycles. The molecule has 1 aliphatic rings. The Morgan fingerprint density at radius 1 is 1.25 bits per heavy atom. The second-order valence-electron chi connectivity index (χ2n) is 3.50. The van der Waals surface area contributed by atoms with Gasteiger partial charge in [0.25, 0.3) is 11.8 Å². The van der Waals surface area contributed by atoms with Crippen LogP contribution in [0.25, 0.3) is 0 Å². The van der Waals surface area contributed by atoms with Crippen LogP contribution in [0, 0.1) is 0 Å². The van der Waals surface area contributed by atoms with E-state index in [1.165, 1.54) is 6.08 Å². The third kappa shape index (κ3) is 1.53. The highest BCUT2D eigenvalue weighted by Gasteiger charge is 2.37. The van der Waals surface area contributed by atoms with E-state index in [2.05, 4.69) is 6.58 Å². The van der Waals surface area contributed by atoms with Gasteiger partial charge in [-0.15, -0.1) is 11.6 Å². The molecule has 4 heteroatoms. The van der Waals surface area contributed by atoms with Gasteiger partial charge in [-0.3, -0.25) is 14.4 Å². The minimum Gasteiger partial charge on any atom is -0.266 e. The summed E-state index contributed by atoms with van der Waals surface area (Å²) in [6, 6.07) is 6.64. The Morgan fingerprint density at radius 2 is 1.75 bits per heavy atom. The van der Waals surface area contributed by atoms with E-state index in [1.807, 2.05) is 0 Å². The van der Waals surface area contributed by atoms with E-state index in [9.17, 15) is 9.59 Å². The lowest BCUT2D eigenvalue weighted by molar-refractivity contribution is -0.111. The normalized spacial score (nSPS) is 16.2. The van der Waals surface area contributed by atoms with Crippen LogP contribution in [-0.4, -0.2) is 23.0 Å². The number of imide groups is 1. The van der Waals surface area contributed by atoms with E-state index in [0.717, 1.165) is 5.06 Å². The average molecular weight is 217 g/mol. The van der Waals surface area contributed by atoms with Crippen molar-refractivity contribution in [3.8, 4) is 0 Å². The highest BCUT2D eigenvalue weighted by molar-refractivity contribution is 6.20. The smallest absolute Gasteiger partial charge is 0.266 e. The first-order chi connectivity index (χ1) is 7.65. The number of amides is 2. The van der Waals surface area contributed by atoms with Crippen molar-refractivity contribution in [1.82, 2.24) is 5.06 Å². The summed E-state index contributed by atoms with van der Waals surface area (Å²) in [4.78, 5) is 28.8. The van der Waals surface area contributed by atoms with Crippen LogP contribution in [0.3, 0.4) is 0 Å². The molecule has 0 N–H and O–H groups in total. The molecule has 0 saturated heterocycles. The quantitative estimate of drug-likeness (QED) is 0.572. The molecule has 0 fully saturated rings. The maximum atomic E-state index is 11.8. The molecule has 2 rings (SSSR count). The van der Waals surface area contributed by atoms with Crippen LogP contribution < -0.4 is 0 Å². The predicted octanol–water partition coefficient (Wildman–Crippen LogP) is 1.79.